The molecule has 4 rings (SSSR count). The Morgan fingerprint density at radius 1 is 1.21 bits per heavy atom. The number of ether oxygens (including phenoxy) is 2. The van der Waals surface area contributed by atoms with Crippen LogP contribution in [0, 0.1) is 6.92 Å². The van der Waals surface area contributed by atoms with Crippen LogP contribution in [0.2, 0.25) is 0 Å². The zero-order valence-corrected chi connectivity index (χ0v) is 16.3. The first-order valence-electron chi connectivity index (χ1n) is 10.1. The van der Waals surface area contributed by atoms with Crippen molar-refractivity contribution in [3.63, 3.8) is 0 Å². The van der Waals surface area contributed by atoms with Crippen LogP contribution in [0.4, 0.5) is 10.5 Å². The van der Waals surface area contributed by atoms with E-state index in [9.17, 15) is 4.79 Å². The Morgan fingerprint density at radius 2 is 2.04 bits per heavy atom. The van der Waals surface area contributed by atoms with Crippen molar-refractivity contribution in [3.05, 3.63) is 47.8 Å². The van der Waals surface area contributed by atoms with Crippen molar-refractivity contribution in [2.45, 2.75) is 45.1 Å². The van der Waals surface area contributed by atoms with Gasteiger partial charge >= 0.3 is 6.03 Å². The molecule has 2 amide bonds. The molecule has 28 heavy (non-hydrogen) atoms. The summed E-state index contributed by atoms with van der Waals surface area (Å²) in [4.78, 5) is 19.4. The van der Waals surface area contributed by atoms with Gasteiger partial charge in [-0.1, -0.05) is 6.07 Å². The van der Waals surface area contributed by atoms with E-state index in [0.29, 0.717) is 19.0 Å². The Kier molecular flexibility index (Phi) is 5.65. The zero-order chi connectivity index (χ0) is 19.3. The van der Waals surface area contributed by atoms with Gasteiger partial charge in [-0.05, 0) is 62.8 Å². The fourth-order valence-corrected chi connectivity index (χ4v) is 3.94. The lowest BCUT2D eigenvalue weighted by atomic mass is 9.97. The largest absolute Gasteiger partial charge is 0.486 e. The molecule has 148 valence electrons. The Bertz CT molecular complexity index is 825. The number of anilines is 1. The number of rotatable bonds is 4. The Labute approximate surface area is 165 Å². The summed E-state index contributed by atoms with van der Waals surface area (Å²) in [5, 5.41) is 3.09. The maximum absolute atomic E-state index is 13.0. The highest BCUT2D eigenvalue weighted by molar-refractivity contribution is 5.91. The van der Waals surface area contributed by atoms with Gasteiger partial charge < -0.3 is 19.7 Å². The zero-order valence-electron chi connectivity index (χ0n) is 16.3. The van der Waals surface area contributed by atoms with Crippen LogP contribution in [0.1, 0.15) is 36.9 Å². The molecule has 0 aliphatic carbocycles. The van der Waals surface area contributed by atoms with Crippen LogP contribution in [0.15, 0.2) is 36.5 Å². The molecule has 0 unspecified atom stereocenters. The predicted octanol–water partition coefficient (Wildman–Crippen LogP) is 4.18. The van der Waals surface area contributed by atoms with Crippen molar-refractivity contribution in [1.82, 2.24) is 9.88 Å². The lowest BCUT2D eigenvalue weighted by Gasteiger charge is -2.36. The van der Waals surface area contributed by atoms with Gasteiger partial charge in [0.2, 0.25) is 0 Å². The Hall–Kier alpha value is -2.76. The van der Waals surface area contributed by atoms with E-state index in [1.807, 2.05) is 48.4 Å². The molecule has 1 fully saturated rings. The van der Waals surface area contributed by atoms with Crippen molar-refractivity contribution in [3.8, 4) is 11.5 Å². The second-order valence-corrected chi connectivity index (χ2v) is 7.44. The van der Waals surface area contributed by atoms with Crippen LogP contribution in [0.3, 0.4) is 0 Å². The smallest absolute Gasteiger partial charge is 0.322 e. The van der Waals surface area contributed by atoms with Gasteiger partial charge in [0.05, 0.1) is 0 Å². The molecule has 0 bridgehead atoms. The summed E-state index contributed by atoms with van der Waals surface area (Å²) < 4.78 is 11.3. The minimum atomic E-state index is -0.0366. The van der Waals surface area contributed by atoms with Gasteiger partial charge in [0.25, 0.3) is 0 Å². The molecule has 2 aliphatic rings. The van der Waals surface area contributed by atoms with E-state index in [4.69, 9.17) is 9.47 Å². The van der Waals surface area contributed by atoms with Gasteiger partial charge in [0.15, 0.2) is 11.5 Å². The average Bonchev–Trinajstić information content (AvgIpc) is 2.73. The fraction of sp³-hybridized carbons (Fsp3) is 0.455. The number of amides is 2. The van der Waals surface area contributed by atoms with Gasteiger partial charge in [0.1, 0.15) is 13.2 Å². The highest BCUT2D eigenvalue weighted by Crippen LogP contribution is 2.35. The number of carbonyl (C=O) groups excluding carboxylic acids is 1. The molecule has 1 saturated heterocycles. The van der Waals surface area contributed by atoms with Crippen LogP contribution < -0.4 is 14.8 Å². The van der Waals surface area contributed by atoms with Crippen LogP contribution in [0.25, 0.3) is 0 Å². The number of aryl methyl sites for hydroxylation is 2. The second kappa shape index (κ2) is 8.50. The van der Waals surface area contributed by atoms with Crippen LogP contribution in [0.5, 0.6) is 11.5 Å². The number of piperidine rings is 1. The van der Waals surface area contributed by atoms with E-state index in [-0.39, 0.29) is 12.1 Å². The van der Waals surface area contributed by atoms with E-state index < -0.39 is 0 Å². The molecule has 1 N–H and O–H groups in total. The third-order valence-electron chi connectivity index (χ3n) is 5.48. The van der Waals surface area contributed by atoms with Crippen molar-refractivity contribution in [2.75, 3.05) is 25.1 Å². The van der Waals surface area contributed by atoms with Crippen LogP contribution >= 0.6 is 0 Å². The highest BCUT2D eigenvalue weighted by Gasteiger charge is 2.27. The van der Waals surface area contributed by atoms with Gasteiger partial charge in [0, 0.05) is 36.2 Å². The number of nitrogens with zero attached hydrogens (tertiary/aromatic N) is 2. The van der Waals surface area contributed by atoms with Crippen LogP contribution in [-0.4, -0.2) is 41.7 Å². The lowest BCUT2D eigenvalue weighted by Crippen LogP contribution is -2.46. The average molecular weight is 381 g/mol. The predicted molar refractivity (Wildman–Crippen MR) is 108 cm³/mol. The third-order valence-corrected chi connectivity index (χ3v) is 5.48. The number of fused-ring (bicyclic) bond motifs is 1. The van der Waals surface area contributed by atoms with E-state index in [2.05, 4.69) is 10.3 Å². The first-order chi connectivity index (χ1) is 13.7. The lowest BCUT2D eigenvalue weighted by molar-refractivity contribution is 0.158. The van der Waals surface area contributed by atoms with Crippen molar-refractivity contribution >= 4 is 11.7 Å². The number of urea groups is 1. The highest BCUT2D eigenvalue weighted by atomic mass is 16.6. The van der Waals surface area contributed by atoms with Gasteiger partial charge in [-0.15, -0.1) is 0 Å². The number of pyridine rings is 1. The molecule has 2 aromatic rings. The van der Waals surface area contributed by atoms with Crippen molar-refractivity contribution in [1.29, 1.82) is 0 Å². The van der Waals surface area contributed by atoms with E-state index >= 15 is 0 Å². The number of aromatic nitrogens is 1. The molecule has 1 atom stereocenters. The number of benzene rings is 1. The van der Waals surface area contributed by atoms with E-state index in [1.54, 1.807) is 0 Å². The molecule has 0 radical (unpaired) electrons. The van der Waals surface area contributed by atoms with E-state index in [0.717, 1.165) is 54.9 Å². The molecular weight excluding hydrogens is 354 g/mol. The van der Waals surface area contributed by atoms with E-state index in [1.165, 1.54) is 6.42 Å². The number of hydrogen-bond acceptors (Lipinski definition) is 4. The number of nitrogens with one attached hydrogen (secondary N) is 1. The van der Waals surface area contributed by atoms with Gasteiger partial charge in [-0.3, -0.25) is 4.98 Å². The molecule has 6 nitrogen and oxygen atoms in total. The third kappa shape index (κ3) is 4.21. The van der Waals surface area contributed by atoms with Crippen molar-refractivity contribution < 1.29 is 14.3 Å². The molecule has 6 heteroatoms. The first-order valence-corrected chi connectivity index (χ1v) is 10.1. The van der Waals surface area contributed by atoms with Gasteiger partial charge in [-0.2, -0.15) is 0 Å². The maximum Gasteiger partial charge on any atom is 0.322 e. The minimum Gasteiger partial charge on any atom is -0.486 e. The Morgan fingerprint density at radius 3 is 2.82 bits per heavy atom. The van der Waals surface area contributed by atoms with Gasteiger partial charge in [-0.25, -0.2) is 4.79 Å². The summed E-state index contributed by atoms with van der Waals surface area (Å²) in [6.07, 6.45) is 6.90. The summed E-state index contributed by atoms with van der Waals surface area (Å²) in [7, 11) is 0. The maximum atomic E-state index is 13.0. The molecule has 3 heterocycles. The SMILES string of the molecule is Cc1cc2c(cc1NC(=O)N1CCCC[C@H]1CCc1ccccn1)OCCO2. The number of likely N-dealkylation sites (tertiary alicyclic amines) is 1. The monoisotopic (exact) mass is 381 g/mol. The molecule has 0 saturated carbocycles. The normalized spacial score (nSPS) is 18.6. The number of carbonyl (C=O) groups is 1. The molecule has 2 aliphatic heterocycles. The standard InChI is InChI=1S/C22H27N3O3/c1-16-14-20-21(28-13-12-27-20)15-19(16)24-22(26)25-11-5-3-7-18(25)9-8-17-6-2-4-10-23-17/h2,4,6,10,14-15,18H,3,5,7-9,11-13H2,1H3,(H,24,26)/t18-/m0/s1. The number of hydrogen-bond donors (Lipinski definition) is 1. The Balaban J connectivity index is 1.43. The first kappa shape index (κ1) is 18.6. The van der Waals surface area contributed by atoms with Crippen LogP contribution in [-0.2, 0) is 6.42 Å². The second-order valence-electron chi connectivity index (χ2n) is 7.44. The fourth-order valence-electron chi connectivity index (χ4n) is 3.94. The summed E-state index contributed by atoms with van der Waals surface area (Å²) in [6, 6.07) is 10.00. The summed E-state index contributed by atoms with van der Waals surface area (Å²) in [6.45, 7) is 3.86. The quantitative estimate of drug-likeness (QED) is 0.863. The molecule has 1 aromatic heterocycles. The molecule has 1 aromatic carbocycles. The summed E-state index contributed by atoms with van der Waals surface area (Å²) in [5.74, 6) is 1.44. The molecular formula is C22H27N3O3. The minimum absolute atomic E-state index is 0.0366. The summed E-state index contributed by atoms with van der Waals surface area (Å²) >= 11 is 0. The van der Waals surface area contributed by atoms with Crippen molar-refractivity contribution in [2.24, 2.45) is 0 Å². The summed E-state index contributed by atoms with van der Waals surface area (Å²) in [5.41, 5.74) is 2.83. The topological polar surface area (TPSA) is 63.7 Å². The molecule has 0 spiro atoms.